The lowest BCUT2D eigenvalue weighted by Gasteiger charge is -2.36. The molecule has 3 saturated heterocycles. The van der Waals surface area contributed by atoms with Crippen molar-refractivity contribution in [3.63, 3.8) is 0 Å². The number of hydrogen-bond acceptors (Lipinski definition) is 4. The van der Waals surface area contributed by atoms with E-state index in [9.17, 15) is 0 Å². The molecule has 2 unspecified atom stereocenters. The first kappa shape index (κ1) is 12.9. The number of piperazine rings is 1. The number of hydrogen-bond donors (Lipinski definition) is 0. The Kier molecular flexibility index (Phi) is 4.52. The zero-order valence-electron chi connectivity index (χ0n) is 11.4. The molecule has 3 fully saturated rings. The van der Waals surface area contributed by atoms with Crippen molar-refractivity contribution in [1.29, 1.82) is 0 Å². The van der Waals surface area contributed by atoms with Gasteiger partial charge in [-0.1, -0.05) is 0 Å². The number of nitrogens with zero attached hydrogens (tertiary/aromatic N) is 2. The van der Waals surface area contributed by atoms with Crippen LogP contribution in [0.3, 0.4) is 0 Å². The highest BCUT2D eigenvalue weighted by Gasteiger charge is 2.25. The van der Waals surface area contributed by atoms with Crippen molar-refractivity contribution in [2.24, 2.45) is 0 Å². The lowest BCUT2D eigenvalue weighted by molar-refractivity contribution is 0.0288. The van der Waals surface area contributed by atoms with Crippen molar-refractivity contribution in [2.75, 3.05) is 52.5 Å². The molecule has 3 aliphatic heterocycles. The third-order valence-electron chi connectivity index (χ3n) is 4.44. The Hall–Kier alpha value is -0.160. The van der Waals surface area contributed by atoms with E-state index >= 15 is 0 Å². The van der Waals surface area contributed by atoms with Gasteiger partial charge in [-0.25, -0.2) is 0 Å². The first-order valence-electron chi connectivity index (χ1n) is 7.58. The Morgan fingerprint density at radius 3 is 1.50 bits per heavy atom. The fourth-order valence-corrected chi connectivity index (χ4v) is 3.31. The van der Waals surface area contributed by atoms with E-state index in [1.807, 2.05) is 0 Å². The highest BCUT2D eigenvalue weighted by Crippen LogP contribution is 2.16. The van der Waals surface area contributed by atoms with Gasteiger partial charge in [0.1, 0.15) is 0 Å². The maximum absolute atomic E-state index is 5.71. The van der Waals surface area contributed by atoms with Crippen molar-refractivity contribution in [1.82, 2.24) is 9.80 Å². The van der Waals surface area contributed by atoms with Crippen molar-refractivity contribution >= 4 is 0 Å². The summed E-state index contributed by atoms with van der Waals surface area (Å²) >= 11 is 0. The van der Waals surface area contributed by atoms with Gasteiger partial charge < -0.3 is 9.47 Å². The summed E-state index contributed by atoms with van der Waals surface area (Å²) in [6.07, 6.45) is 6.05. The Balaban J connectivity index is 1.35. The average Bonchev–Trinajstić information content (AvgIpc) is 3.05. The van der Waals surface area contributed by atoms with Gasteiger partial charge in [0.2, 0.25) is 0 Å². The molecule has 18 heavy (non-hydrogen) atoms. The van der Waals surface area contributed by atoms with E-state index in [0.29, 0.717) is 12.2 Å². The maximum Gasteiger partial charge on any atom is 0.0702 e. The van der Waals surface area contributed by atoms with Gasteiger partial charge in [0.25, 0.3) is 0 Å². The third kappa shape index (κ3) is 3.44. The molecule has 0 aromatic rings. The second-order valence-corrected chi connectivity index (χ2v) is 5.87. The topological polar surface area (TPSA) is 24.9 Å². The average molecular weight is 254 g/mol. The zero-order chi connectivity index (χ0) is 12.2. The van der Waals surface area contributed by atoms with Gasteiger partial charge in [-0.2, -0.15) is 0 Å². The Morgan fingerprint density at radius 2 is 1.17 bits per heavy atom. The van der Waals surface area contributed by atoms with Crippen molar-refractivity contribution in [2.45, 2.75) is 37.9 Å². The number of rotatable bonds is 4. The summed E-state index contributed by atoms with van der Waals surface area (Å²) in [6.45, 7) is 9.05. The van der Waals surface area contributed by atoms with E-state index in [1.165, 1.54) is 51.9 Å². The molecule has 0 aromatic carbocycles. The number of ether oxygens (including phenoxy) is 2. The summed E-state index contributed by atoms with van der Waals surface area (Å²) in [5.41, 5.74) is 0. The molecule has 104 valence electrons. The molecule has 0 spiro atoms. The minimum absolute atomic E-state index is 0.509. The largest absolute Gasteiger partial charge is 0.377 e. The van der Waals surface area contributed by atoms with Gasteiger partial charge in [0.15, 0.2) is 0 Å². The summed E-state index contributed by atoms with van der Waals surface area (Å²) in [4.78, 5) is 5.14. The van der Waals surface area contributed by atoms with Crippen molar-refractivity contribution < 1.29 is 9.47 Å². The van der Waals surface area contributed by atoms with Gasteiger partial charge in [0, 0.05) is 52.5 Å². The van der Waals surface area contributed by atoms with Crippen LogP contribution < -0.4 is 0 Å². The van der Waals surface area contributed by atoms with Crippen LogP contribution in [0.1, 0.15) is 25.7 Å². The lowest BCUT2D eigenvalue weighted by atomic mass is 10.2. The lowest BCUT2D eigenvalue weighted by Crippen LogP contribution is -2.50. The first-order valence-corrected chi connectivity index (χ1v) is 7.58. The molecule has 0 saturated carbocycles. The summed E-state index contributed by atoms with van der Waals surface area (Å²) in [6, 6.07) is 0. The van der Waals surface area contributed by atoms with Crippen molar-refractivity contribution in [3.05, 3.63) is 0 Å². The molecular weight excluding hydrogens is 228 g/mol. The van der Waals surface area contributed by atoms with Crippen LogP contribution in [-0.2, 0) is 9.47 Å². The fourth-order valence-electron chi connectivity index (χ4n) is 3.31. The van der Waals surface area contributed by atoms with E-state index in [1.54, 1.807) is 0 Å². The first-order chi connectivity index (χ1) is 8.90. The van der Waals surface area contributed by atoms with Crippen LogP contribution in [0.15, 0.2) is 0 Å². The molecule has 0 aliphatic carbocycles. The molecule has 4 nitrogen and oxygen atoms in total. The van der Waals surface area contributed by atoms with E-state index in [4.69, 9.17) is 9.47 Å². The van der Waals surface area contributed by atoms with E-state index in [2.05, 4.69) is 9.80 Å². The van der Waals surface area contributed by atoms with Crippen LogP contribution in [0.25, 0.3) is 0 Å². The minimum Gasteiger partial charge on any atom is -0.377 e. The molecule has 2 atom stereocenters. The van der Waals surface area contributed by atoms with Crippen LogP contribution >= 0.6 is 0 Å². The SMILES string of the molecule is C1COC(CN2CCN(CC3CCCO3)CC2)C1. The highest BCUT2D eigenvalue weighted by molar-refractivity contribution is 4.79. The zero-order valence-corrected chi connectivity index (χ0v) is 11.4. The van der Waals surface area contributed by atoms with Gasteiger partial charge in [-0.15, -0.1) is 0 Å². The molecule has 4 heteroatoms. The summed E-state index contributed by atoms with van der Waals surface area (Å²) in [5, 5.41) is 0. The normalized spacial score (nSPS) is 35.3. The Bertz CT molecular complexity index is 216. The molecule has 0 radical (unpaired) electrons. The third-order valence-corrected chi connectivity index (χ3v) is 4.44. The Labute approximate surface area is 110 Å². The van der Waals surface area contributed by atoms with Crippen LogP contribution in [0.5, 0.6) is 0 Å². The van der Waals surface area contributed by atoms with E-state index in [-0.39, 0.29) is 0 Å². The van der Waals surface area contributed by atoms with Gasteiger partial charge in [-0.05, 0) is 25.7 Å². The van der Waals surface area contributed by atoms with Crippen LogP contribution in [-0.4, -0.2) is 74.5 Å². The molecular formula is C14H26N2O2. The van der Waals surface area contributed by atoms with Gasteiger partial charge in [-0.3, -0.25) is 9.80 Å². The molecule has 0 bridgehead atoms. The molecule has 3 heterocycles. The fraction of sp³-hybridized carbons (Fsp3) is 1.00. The van der Waals surface area contributed by atoms with Crippen LogP contribution in [0, 0.1) is 0 Å². The van der Waals surface area contributed by atoms with Gasteiger partial charge in [0.05, 0.1) is 12.2 Å². The second-order valence-electron chi connectivity index (χ2n) is 5.87. The highest BCUT2D eigenvalue weighted by atomic mass is 16.5. The molecule has 3 aliphatic rings. The smallest absolute Gasteiger partial charge is 0.0702 e. The van der Waals surface area contributed by atoms with E-state index < -0.39 is 0 Å². The quantitative estimate of drug-likeness (QED) is 0.746. The summed E-state index contributed by atoms with van der Waals surface area (Å²) < 4.78 is 11.4. The molecule has 0 N–H and O–H groups in total. The summed E-state index contributed by atoms with van der Waals surface area (Å²) in [5.74, 6) is 0. The predicted octanol–water partition coefficient (Wildman–Crippen LogP) is 0.962. The van der Waals surface area contributed by atoms with Crippen LogP contribution in [0.2, 0.25) is 0 Å². The Morgan fingerprint density at radius 1 is 0.722 bits per heavy atom. The predicted molar refractivity (Wildman–Crippen MR) is 70.8 cm³/mol. The monoisotopic (exact) mass is 254 g/mol. The standard InChI is InChI=1S/C14H26N2O2/c1-3-13(17-9-1)11-15-5-7-16(8-6-15)12-14-4-2-10-18-14/h13-14H,1-12H2. The molecule has 0 amide bonds. The molecule has 3 rings (SSSR count). The van der Waals surface area contributed by atoms with Gasteiger partial charge >= 0.3 is 0 Å². The minimum atomic E-state index is 0.509. The van der Waals surface area contributed by atoms with Crippen molar-refractivity contribution in [3.8, 4) is 0 Å². The van der Waals surface area contributed by atoms with E-state index in [0.717, 1.165) is 26.3 Å². The van der Waals surface area contributed by atoms with Crippen LogP contribution in [0.4, 0.5) is 0 Å². The summed E-state index contributed by atoms with van der Waals surface area (Å²) in [7, 11) is 0. The second kappa shape index (κ2) is 6.33. The maximum atomic E-state index is 5.71. The molecule has 0 aromatic heterocycles.